The summed E-state index contributed by atoms with van der Waals surface area (Å²) in [6.45, 7) is 9.54. The largest absolute Gasteiger partial charge is 0.401 e. The molecule has 1 amide bonds. The second-order valence-electron chi connectivity index (χ2n) is 8.17. The lowest BCUT2D eigenvalue weighted by atomic mass is 10.2. The van der Waals surface area contributed by atoms with Crippen molar-refractivity contribution in [3.63, 3.8) is 0 Å². The highest BCUT2D eigenvalue weighted by Gasteiger charge is 2.31. The van der Waals surface area contributed by atoms with E-state index in [4.69, 9.17) is 0 Å². The summed E-state index contributed by atoms with van der Waals surface area (Å²) >= 11 is 0. The molecule has 0 saturated carbocycles. The minimum absolute atomic E-state index is 0. The molecule has 7 nitrogen and oxygen atoms in total. The minimum Gasteiger partial charge on any atom is -0.357 e. The van der Waals surface area contributed by atoms with Gasteiger partial charge in [-0.2, -0.15) is 13.2 Å². The molecule has 1 unspecified atom stereocenters. The Balaban J connectivity index is 0.00000480. The molecule has 1 atom stereocenters. The average Bonchev–Trinajstić information content (AvgIpc) is 3.23. The van der Waals surface area contributed by atoms with E-state index in [2.05, 4.69) is 20.1 Å². The van der Waals surface area contributed by atoms with Gasteiger partial charge in [0.25, 0.3) is 0 Å². The van der Waals surface area contributed by atoms with E-state index in [1.165, 1.54) is 11.9 Å². The first kappa shape index (κ1) is 28.2. The molecule has 182 valence electrons. The number of amides is 1. The molecule has 0 bridgehead atoms. The highest BCUT2D eigenvalue weighted by atomic mass is 127. The summed E-state index contributed by atoms with van der Waals surface area (Å²) in [5.41, 5.74) is 0. The quantitative estimate of drug-likeness (QED) is 0.213. The van der Waals surface area contributed by atoms with Crippen molar-refractivity contribution in [3.05, 3.63) is 0 Å². The van der Waals surface area contributed by atoms with Crippen LogP contribution in [0.2, 0.25) is 0 Å². The second kappa shape index (κ2) is 13.7. The van der Waals surface area contributed by atoms with Gasteiger partial charge < -0.3 is 15.1 Å². The van der Waals surface area contributed by atoms with Crippen LogP contribution >= 0.6 is 24.0 Å². The minimum atomic E-state index is -4.17. The first-order chi connectivity index (χ1) is 14.2. The van der Waals surface area contributed by atoms with Gasteiger partial charge in [-0.3, -0.25) is 19.6 Å². The van der Waals surface area contributed by atoms with E-state index in [9.17, 15) is 18.0 Å². The third-order valence-corrected chi connectivity index (χ3v) is 5.68. The van der Waals surface area contributed by atoms with Crippen molar-refractivity contribution in [2.45, 2.75) is 45.3 Å². The maximum Gasteiger partial charge on any atom is 0.401 e. The molecule has 2 heterocycles. The van der Waals surface area contributed by atoms with E-state index >= 15 is 0 Å². The average molecular weight is 562 g/mol. The van der Waals surface area contributed by atoms with Crippen LogP contribution in [-0.2, 0) is 4.79 Å². The Morgan fingerprint density at radius 2 is 1.71 bits per heavy atom. The van der Waals surface area contributed by atoms with Crippen LogP contribution in [0.1, 0.15) is 33.1 Å². The molecule has 1 N–H and O–H groups in total. The van der Waals surface area contributed by atoms with E-state index < -0.39 is 12.7 Å². The summed E-state index contributed by atoms with van der Waals surface area (Å²) in [7, 11) is 1.48. The van der Waals surface area contributed by atoms with Gasteiger partial charge in [0.05, 0.1) is 12.6 Å². The Morgan fingerprint density at radius 1 is 1.10 bits per heavy atom. The van der Waals surface area contributed by atoms with Gasteiger partial charge in [-0.25, -0.2) is 0 Å². The van der Waals surface area contributed by atoms with Gasteiger partial charge in [0.15, 0.2) is 5.96 Å². The molecule has 2 fully saturated rings. The lowest BCUT2D eigenvalue weighted by Gasteiger charge is -2.39. The van der Waals surface area contributed by atoms with Crippen molar-refractivity contribution in [3.8, 4) is 0 Å². The van der Waals surface area contributed by atoms with E-state index in [0.717, 1.165) is 64.6 Å². The van der Waals surface area contributed by atoms with Crippen LogP contribution in [0.25, 0.3) is 0 Å². The predicted molar refractivity (Wildman–Crippen MR) is 128 cm³/mol. The Bertz CT molecular complexity index is 564. The summed E-state index contributed by atoms with van der Waals surface area (Å²) in [6.07, 6.45) is -1.40. The zero-order valence-electron chi connectivity index (χ0n) is 19.0. The Labute approximate surface area is 201 Å². The van der Waals surface area contributed by atoms with Crippen LogP contribution < -0.4 is 5.32 Å². The molecular formula is C20H38F3IN6O. The second-order valence-corrected chi connectivity index (χ2v) is 8.17. The maximum absolute atomic E-state index is 12.6. The van der Waals surface area contributed by atoms with Crippen molar-refractivity contribution in [1.29, 1.82) is 0 Å². The van der Waals surface area contributed by atoms with E-state index in [1.807, 2.05) is 18.7 Å². The fraction of sp³-hybridized carbons (Fsp3) is 0.900. The van der Waals surface area contributed by atoms with Crippen LogP contribution in [0.5, 0.6) is 0 Å². The smallest absolute Gasteiger partial charge is 0.357 e. The molecule has 11 heteroatoms. The fourth-order valence-corrected chi connectivity index (χ4v) is 4.02. The summed E-state index contributed by atoms with van der Waals surface area (Å²) in [4.78, 5) is 24.9. The molecule has 0 radical (unpaired) electrons. The van der Waals surface area contributed by atoms with Crippen molar-refractivity contribution in [1.82, 2.24) is 24.9 Å². The van der Waals surface area contributed by atoms with E-state index in [0.29, 0.717) is 19.5 Å². The summed E-state index contributed by atoms with van der Waals surface area (Å²) in [5.74, 6) is 1.03. The highest BCUT2D eigenvalue weighted by molar-refractivity contribution is 14.0. The zero-order chi connectivity index (χ0) is 22.1. The highest BCUT2D eigenvalue weighted by Crippen LogP contribution is 2.16. The van der Waals surface area contributed by atoms with E-state index in [-0.39, 0.29) is 35.9 Å². The molecular weight excluding hydrogens is 524 g/mol. The van der Waals surface area contributed by atoms with Gasteiger partial charge >= 0.3 is 6.18 Å². The maximum atomic E-state index is 12.6. The van der Waals surface area contributed by atoms with Gasteiger partial charge in [0.2, 0.25) is 5.91 Å². The van der Waals surface area contributed by atoms with Crippen molar-refractivity contribution >= 4 is 35.8 Å². The number of guanidine groups is 1. The van der Waals surface area contributed by atoms with Crippen LogP contribution in [0, 0.1) is 0 Å². The fourth-order valence-electron chi connectivity index (χ4n) is 4.02. The molecule has 2 aliphatic heterocycles. The van der Waals surface area contributed by atoms with E-state index in [1.54, 1.807) is 0 Å². The number of likely N-dealkylation sites (tertiary alicyclic amines) is 1. The van der Waals surface area contributed by atoms with Crippen molar-refractivity contribution < 1.29 is 18.0 Å². The van der Waals surface area contributed by atoms with Crippen molar-refractivity contribution in [2.75, 3.05) is 72.5 Å². The monoisotopic (exact) mass is 562 g/mol. The van der Waals surface area contributed by atoms with Crippen molar-refractivity contribution in [2.24, 2.45) is 4.99 Å². The number of carbonyl (C=O) groups excluding carboxylic acids is 1. The summed E-state index contributed by atoms with van der Waals surface area (Å²) < 4.78 is 37.2. The Morgan fingerprint density at radius 3 is 2.26 bits per heavy atom. The SMILES string of the molecule is CCNC(=NCCCN(C)CC(F)(F)F)N1CCN(C(C)C(=O)N2CCCC2)CC1.I. The first-order valence-corrected chi connectivity index (χ1v) is 11.0. The molecule has 0 aromatic rings. The molecule has 2 saturated heterocycles. The van der Waals surface area contributed by atoms with Crippen LogP contribution in [0.15, 0.2) is 4.99 Å². The number of nitrogens with zero attached hydrogens (tertiary/aromatic N) is 5. The molecule has 31 heavy (non-hydrogen) atoms. The third-order valence-electron chi connectivity index (χ3n) is 5.68. The lowest BCUT2D eigenvalue weighted by Crippen LogP contribution is -2.57. The first-order valence-electron chi connectivity index (χ1n) is 11.0. The van der Waals surface area contributed by atoms with Crippen LogP contribution in [0.4, 0.5) is 13.2 Å². The van der Waals surface area contributed by atoms with Crippen LogP contribution in [0.3, 0.4) is 0 Å². The molecule has 2 aliphatic rings. The Hall–Kier alpha value is -0.820. The number of aliphatic imine (C=N–C) groups is 1. The van der Waals surface area contributed by atoms with Gasteiger partial charge in [-0.15, -0.1) is 24.0 Å². The van der Waals surface area contributed by atoms with Gasteiger partial charge in [-0.1, -0.05) is 0 Å². The third kappa shape index (κ3) is 9.68. The topological polar surface area (TPSA) is 54.4 Å². The number of carbonyl (C=O) groups is 1. The number of hydrogen-bond acceptors (Lipinski definition) is 4. The predicted octanol–water partition coefficient (Wildman–Crippen LogP) is 2.08. The molecule has 0 aliphatic carbocycles. The number of rotatable bonds is 8. The normalized spacial score (nSPS) is 19.5. The standard InChI is InChI=1S/C20H37F3N6O.HI/c1-4-24-19(25-8-7-9-26(3)16-20(21,22)23)29-14-12-27(13-15-29)17(2)18(30)28-10-5-6-11-28;/h17H,4-16H2,1-3H3,(H,24,25);1H. The summed E-state index contributed by atoms with van der Waals surface area (Å²) in [5, 5.41) is 3.28. The zero-order valence-corrected chi connectivity index (χ0v) is 21.3. The number of halogens is 4. The number of nitrogens with one attached hydrogen (secondary N) is 1. The molecule has 0 spiro atoms. The number of hydrogen-bond donors (Lipinski definition) is 1. The number of piperazine rings is 1. The van der Waals surface area contributed by atoms with Gasteiger partial charge in [-0.05, 0) is 46.7 Å². The lowest BCUT2D eigenvalue weighted by molar-refractivity contribution is -0.143. The molecule has 0 aromatic heterocycles. The Kier molecular flexibility index (Phi) is 12.4. The van der Waals surface area contributed by atoms with Crippen LogP contribution in [-0.4, -0.2) is 116 Å². The molecule has 2 rings (SSSR count). The van der Waals surface area contributed by atoms with Gasteiger partial charge in [0.1, 0.15) is 0 Å². The summed E-state index contributed by atoms with van der Waals surface area (Å²) in [6, 6.07) is -0.103. The number of alkyl halides is 3. The molecule has 0 aromatic carbocycles. The van der Waals surface area contributed by atoms with Gasteiger partial charge in [0, 0.05) is 52.4 Å².